The summed E-state index contributed by atoms with van der Waals surface area (Å²) in [6, 6.07) is 3.70. The van der Waals surface area contributed by atoms with Gasteiger partial charge in [0, 0.05) is 19.3 Å². The Labute approximate surface area is 221 Å². The van der Waals surface area contributed by atoms with Gasteiger partial charge in [-0.05, 0) is 42.7 Å². The number of nitrogens with one attached hydrogen (secondary N) is 1. The fourth-order valence-corrected chi connectivity index (χ4v) is 6.73. The number of nitrogens with zero attached hydrogens (tertiary/aromatic N) is 4. The van der Waals surface area contributed by atoms with Gasteiger partial charge in [0.1, 0.15) is 5.54 Å². The van der Waals surface area contributed by atoms with E-state index in [4.69, 9.17) is 4.74 Å². The van der Waals surface area contributed by atoms with Crippen molar-refractivity contribution in [3.05, 3.63) is 42.7 Å². The van der Waals surface area contributed by atoms with Crippen molar-refractivity contribution in [2.75, 3.05) is 40.8 Å². The van der Waals surface area contributed by atoms with E-state index in [0.717, 1.165) is 21.9 Å². The van der Waals surface area contributed by atoms with E-state index in [-0.39, 0.29) is 55.7 Å². The van der Waals surface area contributed by atoms with Crippen molar-refractivity contribution in [1.29, 1.82) is 0 Å². The molecule has 5 rings (SSSR count). The maximum absolute atomic E-state index is 13.7. The number of hydrogen-bond donors (Lipinski definition) is 1. The quantitative estimate of drug-likeness (QED) is 0.505. The number of sulfone groups is 1. The van der Waals surface area contributed by atoms with Gasteiger partial charge in [0.15, 0.2) is 0 Å². The molecular weight excluding hydrogens is 567 g/mol. The van der Waals surface area contributed by atoms with Crippen LogP contribution in [-0.2, 0) is 29.6 Å². The summed E-state index contributed by atoms with van der Waals surface area (Å²) >= 11 is 0. The summed E-state index contributed by atoms with van der Waals surface area (Å²) in [5.74, 6) is -1.01. The van der Waals surface area contributed by atoms with Crippen LogP contribution in [0.4, 0.5) is 35.0 Å². The number of urea groups is 1. The average molecular weight is 590 g/mol. The molecule has 1 aromatic carbocycles. The molecule has 12 nitrogen and oxygen atoms in total. The molecular formula is C22H22F3N5O7S2. The number of imide groups is 1. The third kappa shape index (κ3) is 4.32. The Kier molecular flexibility index (Phi) is 6.40. The van der Waals surface area contributed by atoms with E-state index in [2.05, 4.69) is 9.71 Å². The molecule has 2 atom stereocenters. The molecule has 210 valence electrons. The highest BCUT2D eigenvalue weighted by Crippen LogP contribution is 2.56. The minimum absolute atomic E-state index is 0.0583. The minimum atomic E-state index is -5.63. The number of alkyl halides is 3. The number of morpholine rings is 1. The second-order valence-electron chi connectivity index (χ2n) is 9.24. The van der Waals surface area contributed by atoms with Crippen LogP contribution in [-0.4, -0.2) is 75.4 Å². The van der Waals surface area contributed by atoms with Gasteiger partial charge in [-0.2, -0.15) is 25.9 Å². The first kappa shape index (κ1) is 27.3. The van der Waals surface area contributed by atoms with Gasteiger partial charge in [0.05, 0.1) is 41.4 Å². The molecule has 3 amide bonds. The Morgan fingerprint density at radius 2 is 1.67 bits per heavy atom. The summed E-state index contributed by atoms with van der Waals surface area (Å²) in [5.41, 5.74) is -7.03. The Bertz CT molecular complexity index is 1540. The van der Waals surface area contributed by atoms with Crippen molar-refractivity contribution in [2.24, 2.45) is 5.92 Å². The van der Waals surface area contributed by atoms with Crippen LogP contribution in [0.2, 0.25) is 0 Å². The number of anilines is 3. The Morgan fingerprint density at radius 3 is 2.23 bits per heavy atom. The summed E-state index contributed by atoms with van der Waals surface area (Å²) in [7, 11) is -9.70. The van der Waals surface area contributed by atoms with Crippen LogP contribution in [0.5, 0.6) is 0 Å². The zero-order valence-corrected chi connectivity index (χ0v) is 21.9. The number of ether oxygens (including phenoxy) is 1. The second-order valence-corrected chi connectivity index (χ2v) is 12.9. The van der Waals surface area contributed by atoms with E-state index in [1.54, 1.807) is 6.92 Å². The number of amides is 3. The van der Waals surface area contributed by atoms with E-state index in [9.17, 15) is 39.6 Å². The molecule has 17 heteroatoms. The fourth-order valence-electron chi connectivity index (χ4n) is 4.77. The Balaban J connectivity index is 1.50. The lowest BCUT2D eigenvalue weighted by Gasteiger charge is -2.28. The smallest absolute Gasteiger partial charge is 0.379 e. The molecule has 1 aliphatic carbocycles. The molecule has 1 spiro atoms. The molecule has 39 heavy (non-hydrogen) atoms. The third-order valence-corrected chi connectivity index (χ3v) is 9.95. The highest BCUT2D eigenvalue weighted by atomic mass is 32.2. The number of aromatic nitrogens is 1. The first-order valence-electron chi connectivity index (χ1n) is 11.6. The number of pyridine rings is 1. The molecule has 3 aliphatic rings. The van der Waals surface area contributed by atoms with Gasteiger partial charge in [-0.1, -0.05) is 6.92 Å². The van der Waals surface area contributed by atoms with E-state index in [1.165, 1.54) is 22.8 Å². The molecule has 1 saturated carbocycles. The van der Waals surface area contributed by atoms with Crippen molar-refractivity contribution >= 4 is 49.0 Å². The first-order valence-corrected chi connectivity index (χ1v) is 14.5. The van der Waals surface area contributed by atoms with Crippen LogP contribution in [0.3, 0.4) is 0 Å². The van der Waals surface area contributed by atoms with E-state index in [1.807, 2.05) is 0 Å². The highest BCUT2D eigenvalue weighted by molar-refractivity contribution is 7.92. The standard InChI is InChI=1S/C22H22F3N5O7S2/c1-14-12-21(14)19(31)29(15-2-4-16(5-3-15)38(33,34)22(23,24)25)20(32)30(21)18-6-7-26-13-17(18)27-39(35,36)28-8-10-37-11-9-28/h2-7,13-14,27H,8-12H2,1H3. The average Bonchev–Trinajstić information content (AvgIpc) is 3.50. The number of hydrogen-bond acceptors (Lipinski definition) is 8. The SMILES string of the molecule is CC1CC12C(=O)N(c1ccc(S(=O)(=O)C(F)(F)F)cc1)C(=O)N2c1ccncc1NS(=O)(=O)N1CCOCC1. The van der Waals surface area contributed by atoms with Crippen LogP contribution in [0, 0.1) is 5.92 Å². The number of carbonyl (C=O) groups is 2. The Morgan fingerprint density at radius 1 is 1.05 bits per heavy atom. The van der Waals surface area contributed by atoms with Crippen LogP contribution in [0.25, 0.3) is 0 Å². The highest BCUT2D eigenvalue weighted by Gasteiger charge is 2.71. The second kappa shape index (κ2) is 9.14. The largest absolute Gasteiger partial charge is 0.501 e. The topological polar surface area (TPSA) is 146 Å². The van der Waals surface area contributed by atoms with Gasteiger partial charge in [-0.3, -0.25) is 19.4 Å². The van der Waals surface area contributed by atoms with Crippen molar-refractivity contribution in [1.82, 2.24) is 9.29 Å². The van der Waals surface area contributed by atoms with Gasteiger partial charge in [-0.25, -0.2) is 18.1 Å². The van der Waals surface area contributed by atoms with Gasteiger partial charge < -0.3 is 4.74 Å². The van der Waals surface area contributed by atoms with Gasteiger partial charge in [-0.15, -0.1) is 0 Å². The summed E-state index contributed by atoms with van der Waals surface area (Å²) in [5, 5.41) is 0. The fraction of sp³-hybridized carbons (Fsp3) is 0.409. The van der Waals surface area contributed by atoms with E-state index in [0.29, 0.717) is 12.1 Å². The first-order chi connectivity index (χ1) is 18.2. The van der Waals surface area contributed by atoms with E-state index >= 15 is 0 Å². The van der Waals surface area contributed by atoms with Crippen molar-refractivity contribution in [3.63, 3.8) is 0 Å². The molecule has 1 aromatic heterocycles. The van der Waals surface area contributed by atoms with Gasteiger partial charge >= 0.3 is 21.7 Å². The van der Waals surface area contributed by atoms with Crippen LogP contribution in [0.1, 0.15) is 13.3 Å². The molecule has 2 aliphatic heterocycles. The molecule has 0 bridgehead atoms. The van der Waals surface area contributed by atoms with Crippen molar-refractivity contribution in [2.45, 2.75) is 29.3 Å². The lowest BCUT2D eigenvalue weighted by atomic mass is 10.1. The molecule has 3 heterocycles. The number of rotatable bonds is 6. The lowest BCUT2D eigenvalue weighted by molar-refractivity contribution is -0.119. The maximum atomic E-state index is 13.7. The maximum Gasteiger partial charge on any atom is 0.501 e. The zero-order chi connectivity index (χ0) is 28.4. The predicted molar refractivity (Wildman–Crippen MR) is 131 cm³/mol. The normalized spacial score (nSPS) is 24.5. The molecule has 0 radical (unpaired) electrons. The third-order valence-electron chi connectivity index (χ3n) is 6.93. The molecule has 3 fully saturated rings. The summed E-state index contributed by atoms with van der Waals surface area (Å²) in [4.78, 5) is 32.1. The van der Waals surface area contributed by atoms with Crippen LogP contribution < -0.4 is 14.5 Å². The van der Waals surface area contributed by atoms with Crippen molar-refractivity contribution in [3.8, 4) is 0 Å². The molecule has 2 saturated heterocycles. The number of halogens is 3. The number of carbonyl (C=O) groups excluding carboxylic acids is 2. The Hall–Kier alpha value is -3.28. The minimum Gasteiger partial charge on any atom is -0.379 e. The van der Waals surface area contributed by atoms with Crippen LogP contribution >= 0.6 is 0 Å². The van der Waals surface area contributed by atoms with Gasteiger partial charge in [0.25, 0.3) is 15.7 Å². The van der Waals surface area contributed by atoms with Gasteiger partial charge in [0.2, 0.25) is 0 Å². The molecule has 2 aromatic rings. The van der Waals surface area contributed by atoms with Crippen LogP contribution in [0.15, 0.2) is 47.6 Å². The van der Waals surface area contributed by atoms with E-state index < -0.39 is 47.9 Å². The van der Waals surface area contributed by atoms with Crippen molar-refractivity contribution < 1.29 is 44.3 Å². The monoisotopic (exact) mass is 589 g/mol. The number of benzene rings is 1. The molecule has 1 N–H and O–H groups in total. The summed E-state index contributed by atoms with van der Waals surface area (Å²) in [6.07, 6.45) is 2.76. The zero-order valence-electron chi connectivity index (χ0n) is 20.3. The predicted octanol–water partition coefficient (Wildman–Crippen LogP) is 2.12. The molecule has 2 unspecified atom stereocenters. The summed E-state index contributed by atoms with van der Waals surface area (Å²) < 4.78 is 97.0. The summed E-state index contributed by atoms with van der Waals surface area (Å²) in [6.45, 7) is 2.36. The lowest BCUT2D eigenvalue weighted by Crippen LogP contribution is -2.44.